The van der Waals surface area contributed by atoms with Crippen molar-refractivity contribution in [2.24, 2.45) is 5.84 Å². The van der Waals surface area contributed by atoms with Crippen LogP contribution in [0.2, 0.25) is 0 Å². The third kappa shape index (κ3) is 2.71. The maximum Gasteiger partial charge on any atom is 0.0975 e. The number of nitrogens with two attached hydrogens (primary N) is 1. The van der Waals surface area contributed by atoms with E-state index in [1.165, 1.54) is 0 Å². The van der Waals surface area contributed by atoms with Crippen LogP contribution < -0.4 is 11.3 Å². The largest absolute Gasteiger partial charge is 0.376 e. The first-order chi connectivity index (χ1) is 5.88. The predicted octanol–water partition coefficient (Wildman–Crippen LogP) is 0.0338. The van der Waals surface area contributed by atoms with E-state index in [1.807, 2.05) is 0 Å². The van der Waals surface area contributed by atoms with Gasteiger partial charge in [-0.15, -0.1) is 0 Å². The number of hydrogen-bond acceptors (Lipinski definition) is 4. The van der Waals surface area contributed by atoms with Crippen molar-refractivity contribution >= 4 is 0 Å². The summed E-state index contributed by atoms with van der Waals surface area (Å²) in [4.78, 5) is 0. The molecule has 4 heteroatoms. The molecule has 0 radical (unpaired) electrons. The van der Waals surface area contributed by atoms with Crippen molar-refractivity contribution in [2.75, 3.05) is 19.8 Å². The van der Waals surface area contributed by atoms with Crippen molar-refractivity contribution in [3.63, 3.8) is 0 Å². The van der Waals surface area contributed by atoms with Gasteiger partial charge in [0.1, 0.15) is 0 Å². The summed E-state index contributed by atoms with van der Waals surface area (Å²) in [6.07, 6.45) is 2.27. The van der Waals surface area contributed by atoms with Crippen molar-refractivity contribution in [2.45, 2.75) is 31.9 Å². The Balaban J connectivity index is 2.29. The van der Waals surface area contributed by atoms with E-state index in [0.717, 1.165) is 12.8 Å². The Labute approximate surface area is 73.4 Å². The van der Waals surface area contributed by atoms with Crippen molar-refractivity contribution in [1.82, 2.24) is 5.43 Å². The van der Waals surface area contributed by atoms with Crippen LogP contribution >= 0.6 is 0 Å². The standard InChI is InChI=1S/C8H18N2O2/c1-2-3-7(10-9)8-6-11-4-5-12-8/h7-8,10H,2-6,9H2,1H3. The van der Waals surface area contributed by atoms with Crippen LogP contribution in [0.25, 0.3) is 0 Å². The molecule has 4 nitrogen and oxygen atoms in total. The van der Waals surface area contributed by atoms with Gasteiger partial charge in [0, 0.05) is 6.04 Å². The highest BCUT2D eigenvalue weighted by Crippen LogP contribution is 2.09. The fraction of sp³-hybridized carbons (Fsp3) is 1.00. The van der Waals surface area contributed by atoms with Gasteiger partial charge in [-0.25, -0.2) is 0 Å². The normalized spacial score (nSPS) is 27.0. The zero-order valence-corrected chi connectivity index (χ0v) is 7.58. The fourth-order valence-corrected chi connectivity index (χ4v) is 1.43. The quantitative estimate of drug-likeness (QED) is 0.466. The van der Waals surface area contributed by atoms with Gasteiger partial charge in [0.25, 0.3) is 0 Å². The molecule has 1 saturated heterocycles. The van der Waals surface area contributed by atoms with Gasteiger partial charge in [-0.2, -0.15) is 0 Å². The number of ether oxygens (including phenoxy) is 2. The van der Waals surface area contributed by atoms with Crippen LogP contribution in [0.1, 0.15) is 19.8 Å². The molecular formula is C8H18N2O2. The molecule has 3 N–H and O–H groups in total. The minimum absolute atomic E-state index is 0.128. The highest BCUT2D eigenvalue weighted by Gasteiger charge is 2.22. The van der Waals surface area contributed by atoms with Gasteiger partial charge in [-0.05, 0) is 6.42 Å². The minimum atomic E-state index is 0.128. The summed E-state index contributed by atoms with van der Waals surface area (Å²) in [5.41, 5.74) is 2.77. The molecule has 0 bridgehead atoms. The highest BCUT2D eigenvalue weighted by molar-refractivity contribution is 4.76. The molecule has 1 aliphatic heterocycles. The second kappa shape index (κ2) is 5.48. The Morgan fingerprint density at radius 1 is 1.58 bits per heavy atom. The average Bonchev–Trinajstić information content (AvgIpc) is 2.15. The number of hydrazine groups is 1. The molecule has 0 amide bonds. The summed E-state index contributed by atoms with van der Waals surface area (Å²) in [5, 5.41) is 0. The highest BCUT2D eigenvalue weighted by atomic mass is 16.6. The Morgan fingerprint density at radius 3 is 2.92 bits per heavy atom. The van der Waals surface area contributed by atoms with Gasteiger partial charge in [0.05, 0.1) is 25.9 Å². The topological polar surface area (TPSA) is 56.5 Å². The Morgan fingerprint density at radius 2 is 2.42 bits per heavy atom. The van der Waals surface area contributed by atoms with E-state index in [1.54, 1.807) is 0 Å². The maximum atomic E-state index is 5.52. The summed E-state index contributed by atoms with van der Waals surface area (Å²) >= 11 is 0. The van der Waals surface area contributed by atoms with Crippen molar-refractivity contribution in [3.8, 4) is 0 Å². The first-order valence-corrected chi connectivity index (χ1v) is 4.54. The molecule has 0 aromatic rings. The van der Waals surface area contributed by atoms with Crippen LogP contribution in [0.3, 0.4) is 0 Å². The molecule has 1 heterocycles. The molecule has 0 saturated carbocycles. The summed E-state index contributed by atoms with van der Waals surface area (Å²) in [7, 11) is 0. The lowest BCUT2D eigenvalue weighted by atomic mass is 10.1. The van der Waals surface area contributed by atoms with Crippen LogP contribution in [0.15, 0.2) is 0 Å². The molecule has 0 aromatic heterocycles. The molecule has 0 aliphatic carbocycles. The van der Waals surface area contributed by atoms with Gasteiger partial charge >= 0.3 is 0 Å². The van der Waals surface area contributed by atoms with Crippen LogP contribution in [-0.2, 0) is 9.47 Å². The Bertz CT molecular complexity index is 113. The Hall–Kier alpha value is -0.160. The van der Waals surface area contributed by atoms with Crippen LogP contribution in [0, 0.1) is 0 Å². The molecular weight excluding hydrogens is 156 g/mol. The molecule has 0 spiro atoms. The van der Waals surface area contributed by atoms with E-state index >= 15 is 0 Å². The monoisotopic (exact) mass is 174 g/mol. The molecule has 1 aliphatic rings. The molecule has 2 unspecified atom stereocenters. The van der Waals surface area contributed by atoms with E-state index in [0.29, 0.717) is 19.8 Å². The van der Waals surface area contributed by atoms with Crippen molar-refractivity contribution < 1.29 is 9.47 Å². The van der Waals surface area contributed by atoms with Crippen molar-refractivity contribution in [1.29, 1.82) is 0 Å². The number of nitrogens with one attached hydrogen (secondary N) is 1. The maximum absolute atomic E-state index is 5.52. The number of rotatable bonds is 4. The van der Waals surface area contributed by atoms with E-state index < -0.39 is 0 Å². The van der Waals surface area contributed by atoms with E-state index in [4.69, 9.17) is 15.3 Å². The zero-order chi connectivity index (χ0) is 8.81. The molecule has 12 heavy (non-hydrogen) atoms. The second-order valence-corrected chi connectivity index (χ2v) is 3.05. The third-order valence-electron chi connectivity index (χ3n) is 2.10. The summed E-state index contributed by atoms with van der Waals surface area (Å²) in [6.45, 7) is 4.19. The lowest BCUT2D eigenvalue weighted by Gasteiger charge is -2.29. The molecule has 0 aromatic carbocycles. The predicted molar refractivity (Wildman–Crippen MR) is 46.6 cm³/mol. The average molecular weight is 174 g/mol. The summed E-state index contributed by atoms with van der Waals surface area (Å²) < 4.78 is 10.8. The van der Waals surface area contributed by atoms with Gasteiger partial charge < -0.3 is 9.47 Å². The van der Waals surface area contributed by atoms with E-state index in [9.17, 15) is 0 Å². The molecule has 1 fully saturated rings. The number of hydrogen-bond donors (Lipinski definition) is 2. The fourth-order valence-electron chi connectivity index (χ4n) is 1.43. The molecule has 72 valence electrons. The lowest BCUT2D eigenvalue weighted by Crippen LogP contribution is -2.49. The third-order valence-corrected chi connectivity index (χ3v) is 2.10. The van der Waals surface area contributed by atoms with E-state index in [-0.39, 0.29) is 12.1 Å². The SMILES string of the molecule is CCCC(NN)C1COCCO1. The summed E-state index contributed by atoms with van der Waals surface area (Å²) in [6, 6.07) is 0.232. The van der Waals surface area contributed by atoms with Gasteiger partial charge in [-0.3, -0.25) is 11.3 Å². The van der Waals surface area contributed by atoms with Crippen molar-refractivity contribution in [3.05, 3.63) is 0 Å². The summed E-state index contributed by atoms with van der Waals surface area (Å²) in [5.74, 6) is 5.40. The first-order valence-electron chi connectivity index (χ1n) is 4.54. The van der Waals surface area contributed by atoms with Crippen LogP contribution in [0.5, 0.6) is 0 Å². The zero-order valence-electron chi connectivity index (χ0n) is 7.58. The van der Waals surface area contributed by atoms with Gasteiger partial charge in [0.2, 0.25) is 0 Å². The second-order valence-electron chi connectivity index (χ2n) is 3.05. The minimum Gasteiger partial charge on any atom is -0.376 e. The Kier molecular flexibility index (Phi) is 4.53. The first kappa shape index (κ1) is 9.92. The van der Waals surface area contributed by atoms with Crippen LogP contribution in [0.4, 0.5) is 0 Å². The van der Waals surface area contributed by atoms with Crippen LogP contribution in [-0.4, -0.2) is 32.0 Å². The van der Waals surface area contributed by atoms with Gasteiger partial charge in [-0.1, -0.05) is 13.3 Å². The van der Waals surface area contributed by atoms with Gasteiger partial charge in [0.15, 0.2) is 0 Å². The molecule has 1 rings (SSSR count). The molecule has 2 atom stereocenters. The van der Waals surface area contributed by atoms with E-state index in [2.05, 4.69) is 12.3 Å². The smallest absolute Gasteiger partial charge is 0.0975 e. The lowest BCUT2D eigenvalue weighted by molar-refractivity contribution is -0.102.